The summed E-state index contributed by atoms with van der Waals surface area (Å²) in [4.78, 5) is 11.4. The first-order valence-corrected chi connectivity index (χ1v) is 7.13. The highest BCUT2D eigenvalue weighted by atomic mass is 35.5. The van der Waals surface area contributed by atoms with Crippen molar-refractivity contribution in [3.8, 4) is 0 Å². The van der Waals surface area contributed by atoms with Crippen molar-refractivity contribution in [2.45, 2.75) is 70.8 Å². The largest absolute Gasteiger partial charge is 0.466 e. The van der Waals surface area contributed by atoms with Gasteiger partial charge in [0, 0.05) is 12.5 Å². The zero-order chi connectivity index (χ0) is 12.5. The molecule has 4 heteroatoms. The average molecular weight is 278 g/mol. The number of esters is 1. The van der Waals surface area contributed by atoms with E-state index >= 15 is 0 Å². The summed E-state index contributed by atoms with van der Waals surface area (Å²) in [5.41, 5.74) is 5.95. The number of nitrogens with two attached hydrogens (primary N) is 1. The summed E-state index contributed by atoms with van der Waals surface area (Å²) in [6.45, 7) is 2.68. The molecule has 0 aromatic rings. The molecule has 2 atom stereocenters. The van der Waals surface area contributed by atoms with Crippen molar-refractivity contribution in [1.82, 2.24) is 0 Å². The topological polar surface area (TPSA) is 52.3 Å². The lowest BCUT2D eigenvalue weighted by molar-refractivity contribution is -0.143. The summed E-state index contributed by atoms with van der Waals surface area (Å²) < 4.78 is 5.13. The second kappa shape index (κ2) is 10.6. The third kappa shape index (κ3) is 7.93. The molecular formula is C14H28ClNO2. The Hall–Kier alpha value is -0.280. The highest BCUT2D eigenvalue weighted by Crippen LogP contribution is 2.27. The van der Waals surface area contributed by atoms with E-state index in [9.17, 15) is 4.79 Å². The van der Waals surface area contributed by atoms with E-state index in [0.29, 0.717) is 19.1 Å². The maximum atomic E-state index is 11.4. The standard InChI is InChI=1S/C14H27NO2.ClH/c1-2-3-10-17-14(16)9-5-7-12-6-4-8-13(15)11-12;/h12-13H,2-11,15H2,1H3;1H. The summed E-state index contributed by atoms with van der Waals surface area (Å²) >= 11 is 0. The van der Waals surface area contributed by atoms with Gasteiger partial charge >= 0.3 is 5.97 Å². The quantitative estimate of drug-likeness (QED) is 0.573. The van der Waals surface area contributed by atoms with Crippen LogP contribution in [-0.2, 0) is 9.53 Å². The average Bonchev–Trinajstić information content (AvgIpc) is 2.29. The van der Waals surface area contributed by atoms with Crippen molar-refractivity contribution in [3.63, 3.8) is 0 Å². The Morgan fingerprint density at radius 2 is 2.11 bits per heavy atom. The molecule has 1 saturated carbocycles. The Morgan fingerprint density at radius 1 is 1.33 bits per heavy atom. The Balaban J connectivity index is 0.00000289. The molecule has 108 valence electrons. The Morgan fingerprint density at radius 3 is 2.78 bits per heavy atom. The van der Waals surface area contributed by atoms with Gasteiger partial charge in [-0.3, -0.25) is 4.79 Å². The molecule has 1 aliphatic carbocycles. The van der Waals surface area contributed by atoms with Gasteiger partial charge in [-0.05, 0) is 38.0 Å². The minimum absolute atomic E-state index is 0. The second-order valence-electron chi connectivity index (χ2n) is 5.26. The van der Waals surface area contributed by atoms with Crippen LogP contribution >= 0.6 is 12.4 Å². The first-order chi connectivity index (χ1) is 8.22. The summed E-state index contributed by atoms with van der Waals surface area (Å²) in [7, 11) is 0. The van der Waals surface area contributed by atoms with Gasteiger partial charge in [0.25, 0.3) is 0 Å². The van der Waals surface area contributed by atoms with Crippen LogP contribution in [-0.4, -0.2) is 18.6 Å². The van der Waals surface area contributed by atoms with Crippen LogP contribution in [0.5, 0.6) is 0 Å². The molecule has 2 unspecified atom stereocenters. The van der Waals surface area contributed by atoms with Gasteiger partial charge in [-0.2, -0.15) is 0 Å². The molecule has 0 spiro atoms. The first-order valence-electron chi connectivity index (χ1n) is 7.13. The van der Waals surface area contributed by atoms with Crippen molar-refractivity contribution < 1.29 is 9.53 Å². The molecule has 1 rings (SSSR count). The molecule has 0 amide bonds. The second-order valence-corrected chi connectivity index (χ2v) is 5.26. The van der Waals surface area contributed by atoms with Crippen LogP contribution in [0.4, 0.5) is 0 Å². The van der Waals surface area contributed by atoms with Crippen LogP contribution in [0.1, 0.15) is 64.7 Å². The van der Waals surface area contributed by atoms with Crippen LogP contribution < -0.4 is 5.73 Å². The molecule has 0 heterocycles. The maximum absolute atomic E-state index is 11.4. The van der Waals surface area contributed by atoms with E-state index in [1.165, 1.54) is 19.3 Å². The molecule has 2 N–H and O–H groups in total. The van der Waals surface area contributed by atoms with Crippen molar-refractivity contribution in [2.75, 3.05) is 6.61 Å². The number of unbranched alkanes of at least 4 members (excludes halogenated alkanes) is 1. The summed E-state index contributed by atoms with van der Waals surface area (Å²) in [5.74, 6) is 0.709. The van der Waals surface area contributed by atoms with E-state index in [4.69, 9.17) is 10.5 Å². The maximum Gasteiger partial charge on any atom is 0.305 e. The number of rotatable bonds is 7. The fourth-order valence-corrected chi connectivity index (χ4v) is 2.53. The van der Waals surface area contributed by atoms with Crippen LogP contribution in [0.2, 0.25) is 0 Å². The lowest BCUT2D eigenvalue weighted by Gasteiger charge is -2.26. The van der Waals surface area contributed by atoms with Gasteiger partial charge in [0.1, 0.15) is 0 Å². The predicted molar refractivity (Wildman–Crippen MR) is 76.9 cm³/mol. The SMILES string of the molecule is CCCCOC(=O)CCCC1CCCC(N)C1.Cl. The van der Waals surface area contributed by atoms with Gasteiger partial charge in [-0.25, -0.2) is 0 Å². The minimum Gasteiger partial charge on any atom is -0.466 e. The lowest BCUT2D eigenvalue weighted by atomic mass is 9.83. The van der Waals surface area contributed by atoms with Crippen molar-refractivity contribution in [3.05, 3.63) is 0 Å². The molecular weight excluding hydrogens is 250 g/mol. The minimum atomic E-state index is -0.0291. The molecule has 1 fully saturated rings. The van der Waals surface area contributed by atoms with Crippen LogP contribution in [0.25, 0.3) is 0 Å². The Bertz CT molecular complexity index is 224. The normalized spacial score (nSPS) is 23.2. The van der Waals surface area contributed by atoms with Gasteiger partial charge in [-0.15, -0.1) is 12.4 Å². The van der Waals surface area contributed by atoms with E-state index in [-0.39, 0.29) is 18.4 Å². The van der Waals surface area contributed by atoms with E-state index in [0.717, 1.165) is 38.0 Å². The van der Waals surface area contributed by atoms with Crippen molar-refractivity contribution in [1.29, 1.82) is 0 Å². The molecule has 0 aromatic heterocycles. The smallest absolute Gasteiger partial charge is 0.305 e. The third-order valence-corrected chi connectivity index (χ3v) is 3.58. The number of ether oxygens (including phenoxy) is 1. The fraction of sp³-hybridized carbons (Fsp3) is 0.929. The highest BCUT2D eigenvalue weighted by molar-refractivity contribution is 5.85. The number of carbonyl (C=O) groups is 1. The zero-order valence-electron chi connectivity index (χ0n) is 11.5. The molecule has 0 bridgehead atoms. The van der Waals surface area contributed by atoms with Gasteiger partial charge in [0.2, 0.25) is 0 Å². The number of hydrogen-bond donors (Lipinski definition) is 1. The molecule has 0 aromatic carbocycles. The van der Waals surface area contributed by atoms with E-state index in [2.05, 4.69) is 6.92 Å². The monoisotopic (exact) mass is 277 g/mol. The van der Waals surface area contributed by atoms with Crippen molar-refractivity contribution in [2.24, 2.45) is 11.7 Å². The van der Waals surface area contributed by atoms with Gasteiger partial charge in [-0.1, -0.05) is 26.2 Å². The first kappa shape index (κ1) is 17.7. The third-order valence-electron chi connectivity index (χ3n) is 3.58. The molecule has 0 saturated heterocycles. The lowest BCUT2D eigenvalue weighted by Crippen LogP contribution is -2.27. The van der Waals surface area contributed by atoms with E-state index < -0.39 is 0 Å². The molecule has 0 radical (unpaired) electrons. The van der Waals surface area contributed by atoms with E-state index in [1.54, 1.807) is 0 Å². The molecule has 1 aliphatic rings. The molecule has 3 nitrogen and oxygen atoms in total. The van der Waals surface area contributed by atoms with Crippen LogP contribution in [0, 0.1) is 5.92 Å². The van der Waals surface area contributed by atoms with Gasteiger partial charge in [0.05, 0.1) is 6.61 Å². The van der Waals surface area contributed by atoms with E-state index in [1.807, 2.05) is 0 Å². The van der Waals surface area contributed by atoms with Gasteiger partial charge < -0.3 is 10.5 Å². The number of carbonyl (C=O) groups excluding carboxylic acids is 1. The summed E-state index contributed by atoms with van der Waals surface area (Å²) in [5, 5.41) is 0. The number of halogens is 1. The summed E-state index contributed by atoms with van der Waals surface area (Å²) in [6, 6.07) is 0.394. The Labute approximate surface area is 117 Å². The fourth-order valence-electron chi connectivity index (χ4n) is 2.53. The zero-order valence-corrected chi connectivity index (χ0v) is 12.3. The highest BCUT2D eigenvalue weighted by Gasteiger charge is 2.19. The Kier molecular flexibility index (Phi) is 10.5. The predicted octanol–water partition coefficient (Wildman–Crippen LogP) is 3.44. The number of hydrogen-bond acceptors (Lipinski definition) is 3. The van der Waals surface area contributed by atoms with Crippen LogP contribution in [0.15, 0.2) is 0 Å². The summed E-state index contributed by atoms with van der Waals surface area (Å²) in [6.07, 6.45) is 9.59. The molecule has 0 aliphatic heterocycles. The van der Waals surface area contributed by atoms with Crippen molar-refractivity contribution >= 4 is 18.4 Å². The molecule has 18 heavy (non-hydrogen) atoms. The van der Waals surface area contributed by atoms with Crippen LogP contribution in [0.3, 0.4) is 0 Å². The van der Waals surface area contributed by atoms with Gasteiger partial charge in [0.15, 0.2) is 0 Å².